The van der Waals surface area contributed by atoms with Gasteiger partial charge in [0.15, 0.2) is 0 Å². The molecule has 2 rings (SSSR count). The van der Waals surface area contributed by atoms with Gasteiger partial charge in [0.25, 0.3) is 0 Å². The normalized spacial score (nSPS) is 23.0. The molecule has 9 heavy (non-hydrogen) atoms. The third-order valence-corrected chi connectivity index (χ3v) is 1.94. The van der Waals surface area contributed by atoms with Gasteiger partial charge in [0.2, 0.25) is 0 Å². The van der Waals surface area contributed by atoms with Gasteiger partial charge in [0.1, 0.15) is 0 Å². The van der Waals surface area contributed by atoms with E-state index in [0.717, 1.165) is 6.42 Å². The average Bonchev–Trinajstić information content (AvgIpc) is 2.22. The van der Waals surface area contributed by atoms with Crippen LogP contribution in [0, 0.1) is 0 Å². The maximum atomic E-state index is 2.32. The minimum atomic E-state index is 1.16. The van der Waals surface area contributed by atoms with Crippen LogP contribution in [0.5, 0.6) is 0 Å². The molecule has 0 heterocycles. The van der Waals surface area contributed by atoms with Crippen molar-refractivity contribution in [2.24, 2.45) is 0 Å². The van der Waals surface area contributed by atoms with E-state index in [1.54, 1.807) is 5.57 Å². The lowest BCUT2D eigenvalue weighted by atomic mass is 10.2. The van der Waals surface area contributed by atoms with Crippen molar-refractivity contribution in [1.82, 2.24) is 0 Å². The Bertz CT molecular complexity index is 226. The summed E-state index contributed by atoms with van der Waals surface area (Å²) in [5, 5.41) is 0. The lowest BCUT2D eigenvalue weighted by Crippen LogP contribution is -1.70. The summed E-state index contributed by atoms with van der Waals surface area (Å²) in [4.78, 5) is 0. The van der Waals surface area contributed by atoms with E-state index in [1.165, 1.54) is 17.6 Å². The SMILES string of the molecule is CC1=CC2=CCC=C2C1. The van der Waals surface area contributed by atoms with Gasteiger partial charge in [-0.3, -0.25) is 0 Å². The van der Waals surface area contributed by atoms with E-state index in [-0.39, 0.29) is 0 Å². The summed E-state index contributed by atoms with van der Waals surface area (Å²) in [6.45, 7) is 2.19. The first-order valence-corrected chi connectivity index (χ1v) is 3.43. The van der Waals surface area contributed by atoms with E-state index in [9.17, 15) is 0 Å². The quantitative estimate of drug-likeness (QED) is 0.458. The summed E-state index contributed by atoms with van der Waals surface area (Å²) in [6, 6.07) is 0. The van der Waals surface area contributed by atoms with E-state index in [4.69, 9.17) is 0 Å². The van der Waals surface area contributed by atoms with Crippen molar-refractivity contribution in [1.29, 1.82) is 0 Å². The van der Waals surface area contributed by atoms with Crippen molar-refractivity contribution in [3.63, 3.8) is 0 Å². The molecule has 46 valence electrons. The Morgan fingerprint density at radius 3 is 3.00 bits per heavy atom. The van der Waals surface area contributed by atoms with Gasteiger partial charge < -0.3 is 0 Å². The second-order valence-corrected chi connectivity index (χ2v) is 2.79. The number of fused-ring (bicyclic) bond motifs is 1. The maximum absolute atomic E-state index is 2.32. The highest BCUT2D eigenvalue weighted by atomic mass is 14.2. The van der Waals surface area contributed by atoms with Gasteiger partial charge in [-0.2, -0.15) is 0 Å². The zero-order valence-electron chi connectivity index (χ0n) is 5.65. The lowest BCUT2D eigenvalue weighted by Gasteiger charge is -1.89. The van der Waals surface area contributed by atoms with Gasteiger partial charge in [-0.1, -0.05) is 23.8 Å². The largest absolute Gasteiger partial charge is 0.0766 e. The predicted molar refractivity (Wildman–Crippen MR) is 39.2 cm³/mol. The van der Waals surface area contributed by atoms with Crippen LogP contribution in [0.2, 0.25) is 0 Å². The molecule has 2 aliphatic rings. The molecule has 0 fully saturated rings. The van der Waals surface area contributed by atoms with Gasteiger partial charge in [0, 0.05) is 0 Å². The smallest absolute Gasteiger partial charge is 0.00638 e. The summed E-state index contributed by atoms with van der Waals surface area (Å²) in [6.07, 6.45) is 9.27. The third-order valence-electron chi connectivity index (χ3n) is 1.94. The molecule has 0 aromatic heterocycles. The number of hydrogen-bond acceptors (Lipinski definition) is 0. The Labute approximate surface area is 55.6 Å². The zero-order chi connectivity index (χ0) is 6.27. The van der Waals surface area contributed by atoms with Crippen molar-refractivity contribution in [3.8, 4) is 0 Å². The second-order valence-electron chi connectivity index (χ2n) is 2.79. The first-order valence-electron chi connectivity index (χ1n) is 3.43. The van der Waals surface area contributed by atoms with Crippen molar-refractivity contribution < 1.29 is 0 Å². The fraction of sp³-hybridized carbons (Fsp3) is 0.333. The minimum absolute atomic E-state index is 1.16. The van der Waals surface area contributed by atoms with Crippen LogP contribution in [0.15, 0.2) is 34.9 Å². The van der Waals surface area contributed by atoms with Crippen molar-refractivity contribution >= 4 is 0 Å². The third kappa shape index (κ3) is 0.663. The van der Waals surface area contributed by atoms with Crippen LogP contribution in [0.4, 0.5) is 0 Å². The van der Waals surface area contributed by atoms with E-state index in [0.29, 0.717) is 0 Å². The summed E-state index contributed by atoms with van der Waals surface area (Å²) in [5.41, 5.74) is 4.53. The summed E-state index contributed by atoms with van der Waals surface area (Å²) >= 11 is 0. The first-order chi connectivity index (χ1) is 4.36. The molecule has 0 heteroatoms. The standard InChI is InChI=1S/C9H10/c1-7-5-8-3-2-4-9(8)6-7/h3-5H,2,6H2,1H3. The molecule has 0 nitrogen and oxygen atoms in total. The van der Waals surface area contributed by atoms with E-state index in [2.05, 4.69) is 25.2 Å². The monoisotopic (exact) mass is 118 g/mol. The molecule has 0 aromatic carbocycles. The Kier molecular flexibility index (Phi) is 0.895. The van der Waals surface area contributed by atoms with Gasteiger partial charge >= 0.3 is 0 Å². The molecule has 0 spiro atoms. The molecular formula is C9H10. The zero-order valence-corrected chi connectivity index (χ0v) is 5.65. The molecule has 0 aliphatic heterocycles. The highest BCUT2D eigenvalue weighted by molar-refractivity contribution is 5.52. The van der Waals surface area contributed by atoms with Crippen LogP contribution in [-0.4, -0.2) is 0 Å². The average molecular weight is 118 g/mol. The van der Waals surface area contributed by atoms with Crippen molar-refractivity contribution in [2.45, 2.75) is 19.8 Å². The molecule has 2 aliphatic carbocycles. The van der Waals surface area contributed by atoms with Crippen LogP contribution >= 0.6 is 0 Å². The van der Waals surface area contributed by atoms with Crippen LogP contribution in [0.1, 0.15) is 19.8 Å². The summed E-state index contributed by atoms with van der Waals surface area (Å²) in [7, 11) is 0. The molecule has 0 bridgehead atoms. The van der Waals surface area contributed by atoms with E-state index < -0.39 is 0 Å². The molecule has 0 amide bonds. The topological polar surface area (TPSA) is 0 Å². The summed E-state index contributed by atoms with van der Waals surface area (Å²) < 4.78 is 0. The Hall–Kier alpha value is -0.780. The van der Waals surface area contributed by atoms with Crippen LogP contribution < -0.4 is 0 Å². The molecule has 0 radical (unpaired) electrons. The first kappa shape index (κ1) is 5.04. The maximum Gasteiger partial charge on any atom is -0.00638 e. The molecule has 0 atom stereocenters. The number of rotatable bonds is 0. The van der Waals surface area contributed by atoms with E-state index >= 15 is 0 Å². The van der Waals surface area contributed by atoms with Crippen LogP contribution in [0.3, 0.4) is 0 Å². The predicted octanol–water partition coefficient (Wildman–Crippen LogP) is 2.59. The van der Waals surface area contributed by atoms with Crippen LogP contribution in [0.25, 0.3) is 0 Å². The van der Waals surface area contributed by atoms with Gasteiger partial charge in [-0.25, -0.2) is 0 Å². The van der Waals surface area contributed by atoms with Gasteiger partial charge in [0.05, 0.1) is 0 Å². The molecule has 0 N–H and O–H groups in total. The number of allylic oxidation sites excluding steroid dienone is 6. The van der Waals surface area contributed by atoms with Gasteiger partial charge in [-0.05, 0) is 30.9 Å². The second kappa shape index (κ2) is 1.60. The number of hydrogen-bond donors (Lipinski definition) is 0. The molecule has 0 saturated heterocycles. The Balaban J connectivity index is 2.43. The highest BCUT2D eigenvalue weighted by Crippen LogP contribution is 2.33. The molecule has 0 aromatic rings. The molecule has 0 saturated carbocycles. The fourth-order valence-corrected chi connectivity index (χ4v) is 1.52. The van der Waals surface area contributed by atoms with Crippen molar-refractivity contribution in [3.05, 3.63) is 34.9 Å². The Morgan fingerprint density at radius 2 is 2.22 bits per heavy atom. The lowest BCUT2D eigenvalue weighted by molar-refractivity contribution is 1.20. The summed E-state index contributed by atoms with van der Waals surface area (Å²) in [5.74, 6) is 0. The van der Waals surface area contributed by atoms with E-state index in [1.807, 2.05) is 0 Å². The Morgan fingerprint density at radius 1 is 1.33 bits per heavy atom. The van der Waals surface area contributed by atoms with Gasteiger partial charge in [-0.15, -0.1) is 0 Å². The fourth-order valence-electron chi connectivity index (χ4n) is 1.52. The van der Waals surface area contributed by atoms with Crippen LogP contribution in [-0.2, 0) is 0 Å². The minimum Gasteiger partial charge on any atom is -0.0766 e. The molecular weight excluding hydrogens is 108 g/mol. The molecule has 0 unspecified atom stereocenters. The van der Waals surface area contributed by atoms with Crippen molar-refractivity contribution in [2.75, 3.05) is 0 Å². The highest BCUT2D eigenvalue weighted by Gasteiger charge is 2.13.